The van der Waals surface area contributed by atoms with Crippen LogP contribution in [0.5, 0.6) is 0 Å². The second-order valence-electron chi connectivity index (χ2n) is 3.13. The largest absolute Gasteiger partial charge is 0.367 e. The molecule has 0 aliphatic heterocycles. The predicted molar refractivity (Wildman–Crippen MR) is 67.6 cm³/mol. The Bertz CT molecular complexity index is 454. The Labute approximate surface area is 108 Å². The monoisotopic (exact) mass is 271 g/mol. The number of hydrogen-bond donors (Lipinski definition) is 2. The predicted octanol–water partition coefficient (Wildman–Crippen LogP) is 0.655. The Kier molecular flexibility index (Phi) is 5.31. The number of amides is 1. The fourth-order valence-corrected chi connectivity index (χ4v) is 2.00. The van der Waals surface area contributed by atoms with Crippen LogP contribution in [-0.2, 0) is 4.79 Å². The zero-order valence-electron chi connectivity index (χ0n) is 9.97. The first-order valence-electron chi connectivity index (χ1n) is 5.16. The third-order valence-electron chi connectivity index (χ3n) is 1.92. The van der Waals surface area contributed by atoms with Gasteiger partial charge in [0.15, 0.2) is 5.03 Å². The first-order chi connectivity index (χ1) is 8.60. The van der Waals surface area contributed by atoms with Crippen LogP contribution in [0.2, 0.25) is 0 Å². The minimum Gasteiger partial charge on any atom is -0.367 e. The molecule has 0 atom stereocenters. The average Bonchev–Trinajstić information content (AvgIpc) is 2.35. The number of rotatable bonds is 6. The highest BCUT2D eigenvalue weighted by molar-refractivity contribution is 8.00. The third-order valence-corrected chi connectivity index (χ3v) is 2.90. The van der Waals surface area contributed by atoms with Crippen LogP contribution in [0.4, 0.5) is 11.5 Å². The van der Waals surface area contributed by atoms with Crippen LogP contribution >= 0.6 is 11.8 Å². The molecule has 2 N–H and O–H groups in total. The van der Waals surface area contributed by atoms with Crippen LogP contribution in [0.25, 0.3) is 0 Å². The van der Waals surface area contributed by atoms with E-state index in [0.29, 0.717) is 6.54 Å². The molecule has 1 amide bonds. The molecule has 98 valence electrons. The second kappa shape index (κ2) is 6.74. The molecule has 9 heteroatoms. The summed E-state index contributed by atoms with van der Waals surface area (Å²) in [5.74, 6) is 0.0179. The molecule has 0 radical (unpaired) electrons. The summed E-state index contributed by atoms with van der Waals surface area (Å²) < 4.78 is 0. The fourth-order valence-electron chi connectivity index (χ4n) is 1.20. The lowest BCUT2D eigenvalue weighted by Gasteiger charge is -2.05. The van der Waals surface area contributed by atoms with Gasteiger partial charge < -0.3 is 10.6 Å². The number of nitro groups is 1. The lowest BCUT2D eigenvalue weighted by molar-refractivity contribution is -0.387. The fraction of sp³-hybridized carbons (Fsp3) is 0.444. The van der Waals surface area contributed by atoms with E-state index in [1.165, 1.54) is 13.4 Å². The minimum atomic E-state index is -0.564. The van der Waals surface area contributed by atoms with Gasteiger partial charge in [0.1, 0.15) is 6.33 Å². The van der Waals surface area contributed by atoms with E-state index >= 15 is 0 Å². The molecular weight excluding hydrogens is 258 g/mol. The lowest BCUT2D eigenvalue weighted by Crippen LogP contribution is -2.24. The van der Waals surface area contributed by atoms with Crippen molar-refractivity contribution in [3.63, 3.8) is 0 Å². The van der Waals surface area contributed by atoms with Gasteiger partial charge in [0.05, 0.1) is 10.7 Å². The molecule has 8 nitrogen and oxygen atoms in total. The molecule has 0 aliphatic carbocycles. The average molecular weight is 271 g/mol. The summed E-state index contributed by atoms with van der Waals surface area (Å²) in [7, 11) is 1.54. The minimum absolute atomic E-state index is 0.0782. The lowest BCUT2D eigenvalue weighted by atomic mass is 10.5. The Morgan fingerprint density at radius 2 is 2.28 bits per heavy atom. The van der Waals surface area contributed by atoms with Crippen molar-refractivity contribution in [1.29, 1.82) is 0 Å². The Hall–Kier alpha value is -1.90. The van der Waals surface area contributed by atoms with E-state index in [0.717, 1.165) is 11.8 Å². The standard InChI is InChI=1S/C9H13N5O3S/c1-3-11-6(15)4-18-9-7(14(16)17)8(10-2)12-5-13-9/h5H,3-4H2,1-2H3,(H,11,15)(H,10,12,13). The van der Waals surface area contributed by atoms with Gasteiger partial charge in [-0.1, -0.05) is 11.8 Å². The summed E-state index contributed by atoms with van der Waals surface area (Å²) in [6.07, 6.45) is 1.22. The number of nitrogens with one attached hydrogen (secondary N) is 2. The number of thioether (sulfide) groups is 1. The van der Waals surface area contributed by atoms with Crippen LogP contribution in [0.3, 0.4) is 0 Å². The molecule has 0 saturated heterocycles. The molecule has 1 heterocycles. The highest BCUT2D eigenvalue weighted by Crippen LogP contribution is 2.31. The molecule has 18 heavy (non-hydrogen) atoms. The van der Waals surface area contributed by atoms with E-state index in [4.69, 9.17) is 0 Å². The number of hydrogen-bond acceptors (Lipinski definition) is 7. The third kappa shape index (κ3) is 3.55. The van der Waals surface area contributed by atoms with Crippen LogP contribution in [0, 0.1) is 10.1 Å². The molecule has 0 spiro atoms. The summed E-state index contributed by atoms with van der Waals surface area (Å²) in [4.78, 5) is 29.3. The smallest absolute Gasteiger partial charge is 0.343 e. The van der Waals surface area contributed by atoms with Gasteiger partial charge in [-0.25, -0.2) is 9.97 Å². The SMILES string of the molecule is CCNC(=O)CSc1ncnc(NC)c1[N+](=O)[O-]. The first-order valence-corrected chi connectivity index (χ1v) is 6.15. The van der Waals surface area contributed by atoms with Crippen molar-refractivity contribution < 1.29 is 9.72 Å². The quantitative estimate of drug-likeness (QED) is 0.338. The van der Waals surface area contributed by atoms with Gasteiger partial charge in [-0.05, 0) is 6.92 Å². The van der Waals surface area contributed by atoms with Gasteiger partial charge in [-0.3, -0.25) is 14.9 Å². The maximum absolute atomic E-state index is 11.3. The van der Waals surface area contributed by atoms with E-state index in [-0.39, 0.29) is 28.2 Å². The van der Waals surface area contributed by atoms with Gasteiger partial charge in [-0.15, -0.1) is 0 Å². The molecule has 0 fully saturated rings. The van der Waals surface area contributed by atoms with Crippen molar-refractivity contribution in [3.8, 4) is 0 Å². The van der Waals surface area contributed by atoms with Crippen molar-refractivity contribution in [2.45, 2.75) is 11.9 Å². The molecule has 1 rings (SSSR count). The molecule has 0 aromatic carbocycles. The van der Waals surface area contributed by atoms with Gasteiger partial charge in [0.2, 0.25) is 11.7 Å². The number of carbonyl (C=O) groups is 1. The zero-order chi connectivity index (χ0) is 13.5. The molecule has 1 aromatic rings. The summed E-state index contributed by atoms with van der Waals surface area (Å²) >= 11 is 1.01. The Morgan fingerprint density at radius 1 is 1.56 bits per heavy atom. The van der Waals surface area contributed by atoms with E-state index < -0.39 is 4.92 Å². The van der Waals surface area contributed by atoms with Crippen molar-refractivity contribution >= 4 is 29.2 Å². The molecule has 0 saturated carbocycles. The van der Waals surface area contributed by atoms with Gasteiger partial charge in [0.25, 0.3) is 0 Å². The highest BCUT2D eigenvalue weighted by Gasteiger charge is 2.22. The van der Waals surface area contributed by atoms with Gasteiger partial charge in [0, 0.05) is 13.6 Å². The highest BCUT2D eigenvalue weighted by atomic mass is 32.2. The number of aromatic nitrogens is 2. The Balaban J connectivity index is 2.88. The van der Waals surface area contributed by atoms with E-state index in [1.807, 2.05) is 0 Å². The van der Waals surface area contributed by atoms with Crippen molar-refractivity contribution in [2.75, 3.05) is 24.7 Å². The molecule has 0 unspecified atom stereocenters. The second-order valence-corrected chi connectivity index (χ2v) is 4.09. The maximum atomic E-state index is 11.3. The topological polar surface area (TPSA) is 110 Å². The summed E-state index contributed by atoms with van der Waals surface area (Å²) in [5, 5.41) is 16.3. The van der Waals surface area contributed by atoms with E-state index in [9.17, 15) is 14.9 Å². The first kappa shape index (κ1) is 14.2. The van der Waals surface area contributed by atoms with Crippen LogP contribution in [0.1, 0.15) is 6.92 Å². The molecular formula is C9H13N5O3S. The van der Waals surface area contributed by atoms with E-state index in [2.05, 4.69) is 20.6 Å². The maximum Gasteiger partial charge on any atom is 0.343 e. The number of carbonyl (C=O) groups excluding carboxylic acids is 1. The molecule has 1 aromatic heterocycles. The summed E-state index contributed by atoms with van der Waals surface area (Å²) in [5.41, 5.74) is -0.214. The Morgan fingerprint density at radius 3 is 2.83 bits per heavy atom. The van der Waals surface area contributed by atoms with Crippen molar-refractivity contribution in [2.24, 2.45) is 0 Å². The van der Waals surface area contributed by atoms with Gasteiger partial charge >= 0.3 is 5.69 Å². The van der Waals surface area contributed by atoms with Gasteiger partial charge in [-0.2, -0.15) is 0 Å². The zero-order valence-corrected chi connectivity index (χ0v) is 10.8. The van der Waals surface area contributed by atoms with E-state index in [1.54, 1.807) is 6.92 Å². The van der Waals surface area contributed by atoms with Crippen molar-refractivity contribution in [1.82, 2.24) is 15.3 Å². The summed E-state index contributed by atoms with van der Waals surface area (Å²) in [6.45, 7) is 2.32. The summed E-state index contributed by atoms with van der Waals surface area (Å²) in [6, 6.07) is 0. The molecule has 0 aliphatic rings. The van der Waals surface area contributed by atoms with Crippen LogP contribution in [-0.4, -0.2) is 40.1 Å². The number of nitrogens with zero attached hydrogens (tertiary/aromatic N) is 3. The van der Waals surface area contributed by atoms with Crippen molar-refractivity contribution in [3.05, 3.63) is 16.4 Å². The molecule has 0 bridgehead atoms. The normalized spacial score (nSPS) is 9.89. The van der Waals surface area contributed by atoms with Crippen LogP contribution < -0.4 is 10.6 Å². The number of anilines is 1. The van der Waals surface area contributed by atoms with Crippen LogP contribution in [0.15, 0.2) is 11.4 Å².